The minimum Gasteiger partial charge on any atom is -0.387 e. The van der Waals surface area contributed by atoms with Crippen LogP contribution in [0.3, 0.4) is 0 Å². The Bertz CT molecular complexity index is 330. The largest absolute Gasteiger partial charge is 0.387 e. The highest BCUT2D eigenvalue weighted by atomic mass is 16.3. The Labute approximate surface area is 104 Å². The van der Waals surface area contributed by atoms with Gasteiger partial charge in [-0.2, -0.15) is 0 Å². The minimum absolute atomic E-state index is 0.380. The lowest BCUT2D eigenvalue weighted by molar-refractivity contribution is 0.129. The Hall–Kier alpha value is -0.860. The standard InChI is InChI=1S/C15H23NO/c1-11(2)13-8-14(9-13)16-10-15(17)12-6-4-3-5-7-12/h3-7,11,13-17H,8-10H2,1-2H3. The molecule has 0 aromatic heterocycles. The number of benzene rings is 1. The molecule has 0 aliphatic heterocycles. The van der Waals surface area contributed by atoms with Crippen LogP contribution in [-0.4, -0.2) is 17.7 Å². The zero-order valence-corrected chi connectivity index (χ0v) is 10.8. The highest BCUT2D eigenvalue weighted by Gasteiger charge is 2.30. The number of aliphatic hydroxyl groups excluding tert-OH is 1. The Morgan fingerprint density at radius 1 is 1.24 bits per heavy atom. The molecular weight excluding hydrogens is 210 g/mol. The molecule has 94 valence electrons. The first-order valence-electron chi connectivity index (χ1n) is 6.63. The molecule has 1 unspecified atom stereocenters. The molecule has 1 aliphatic carbocycles. The van der Waals surface area contributed by atoms with Gasteiger partial charge in [0.05, 0.1) is 6.10 Å². The topological polar surface area (TPSA) is 32.3 Å². The maximum atomic E-state index is 10.0. The number of rotatable bonds is 5. The smallest absolute Gasteiger partial charge is 0.0914 e. The van der Waals surface area contributed by atoms with Gasteiger partial charge in [0.25, 0.3) is 0 Å². The van der Waals surface area contributed by atoms with Gasteiger partial charge in [0.2, 0.25) is 0 Å². The maximum absolute atomic E-state index is 10.0. The minimum atomic E-state index is -0.380. The number of aliphatic hydroxyl groups is 1. The average molecular weight is 233 g/mol. The van der Waals surface area contributed by atoms with Gasteiger partial charge in [-0.25, -0.2) is 0 Å². The van der Waals surface area contributed by atoms with Gasteiger partial charge < -0.3 is 10.4 Å². The Kier molecular flexibility index (Phi) is 4.19. The second-order valence-electron chi connectivity index (χ2n) is 5.51. The molecule has 1 saturated carbocycles. The lowest BCUT2D eigenvalue weighted by atomic mass is 9.73. The van der Waals surface area contributed by atoms with Crippen LogP contribution in [0.5, 0.6) is 0 Å². The third-order valence-corrected chi connectivity index (χ3v) is 3.90. The second kappa shape index (κ2) is 5.65. The molecule has 2 nitrogen and oxygen atoms in total. The first-order valence-corrected chi connectivity index (χ1v) is 6.63. The Morgan fingerprint density at radius 3 is 2.47 bits per heavy atom. The van der Waals surface area contributed by atoms with Crippen LogP contribution in [0.4, 0.5) is 0 Å². The molecule has 1 atom stereocenters. The molecule has 1 aliphatic rings. The number of hydrogen-bond donors (Lipinski definition) is 2. The van der Waals surface area contributed by atoms with E-state index in [4.69, 9.17) is 0 Å². The lowest BCUT2D eigenvalue weighted by Crippen LogP contribution is -2.44. The molecule has 1 aromatic carbocycles. The zero-order valence-electron chi connectivity index (χ0n) is 10.8. The lowest BCUT2D eigenvalue weighted by Gasteiger charge is -2.39. The summed E-state index contributed by atoms with van der Waals surface area (Å²) in [5.41, 5.74) is 1.000. The predicted molar refractivity (Wildman–Crippen MR) is 70.8 cm³/mol. The summed E-state index contributed by atoms with van der Waals surface area (Å²) < 4.78 is 0. The fourth-order valence-corrected chi connectivity index (χ4v) is 2.44. The Balaban J connectivity index is 1.70. The van der Waals surface area contributed by atoms with Gasteiger partial charge >= 0.3 is 0 Å². The quantitative estimate of drug-likeness (QED) is 0.819. The fourth-order valence-electron chi connectivity index (χ4n) is 2.44. The first kappa shape index (κ1) is 12.6. The van der Waals surface area contributed by atoms with Crippen LogP contribution in [-0.2, 0) is 0 Å². The maximum Gasteiger partial charge on any atom is 0.0914 e. The first-order chi connectivity index (χ1) is 8.16. The summed E-state index contributed by atoms with van der Waals surface area (Å²) in [6.07, 6.45) is 2.15. The van der Waals surface area contributed by atoms with E-state index in [2.05, 4.69) is 19.2 Å². The van der Waals surface area contributed by atoms with Gasteiger partial charge in [-0.1, -0.05) is 44.2 Å². The third-order valence-electron chi connectivity index (χ3n) is 3.90. The third kappa shape index (κ3) is 3.30. The van der Waals surface area contributed by atoms with E-state index in [9.17, 15) is 5.11 Å². The van der Waals surface area contributed by atoms with E-state index in [0.717, 1.165) is 17.4 Å². The molecular formula is C15H23NO. The van der Waals surface area contributed by atoms with Gasteiger partial charge in [0.15, 0.2) is 0 Å². The van der Waals surface area contributed by atoms with Crippen LogP contribution in [0.2, 0.25) is 0 Å². The van der Waals surface area contributed by atoms with Crippen molar-refractivity contribution in [1.82, 2.24) is 5.32 Å². The molecule has 0 amide bonds. The molecule has 2 N–H and O–H groups in total. The van der Waals surface area contributed by atoms with Crippen molar-refractivity contribution in [3.63, 3.8) is 0 Å². The van der Waals surface area contributed by atoms with Crippen molar-refractivity contribution in [1.29, 1.82) is 0 Å². The van der Waals surface area contributed by atoms with Crippen LogP contribution in [0, 0.1) is 11.8 Å². The predicted octanol–water partition coefficient (Wildman–Crippen LogP) is 2.74. The van der Waals surface area contributed by atoms with E-state index >= 15 is 0 Å². The zero-order chi connectivity index (χ0) is 12.3. The van der Waals surface area contributed by atoms with Gasteiger partial charge in [0.1, 0.15) is 0 Å². The summed E-state index contributed by atoms with van der Waals surface area (Å²) in [5, 5.41) is 13.5. The average Bonchev–Trinajstić information content (AvgIpc) is 2.27. The van der Waals surface area contributed by atoms with Gasteiger partial charge in [-0.05, 0) is 30.2 Å². The molecule has 2 rings (SSSR count). The summed E-state index contributed by atoms with van der Waals surface area (Å²) in [5.74, 6) is 1.67. The molecule has 0 radical (unpaired) electrons. The monoisotopic (exact) mass is 233 g/mol. The van der Waals surface area contributed by atoms with Crippen molar-refractivity contribution < 1.29 is 5.11 Å². The van der Waals surface area contributed by atoms with E-state index in [1.807, 2.05) is 30.3 Å². The van der Waals surface area contributed by atoms with Gasteiger partial charge in [0, 0.05) is 12.6 Å². The Morgan fingerprint density at radius 2 is 1.88 bits per heavy atom. The number of hydrogen-bond acceptors (Lipinski definition) is 2. The van der Waals surface area contributed by atoms with Crippen LogP contribution in [0.15, 0.2) is 30.3 Å². The summed E-state index contributed by atoms with van der Waals surface area (Å²) in [4.78, 5) is 0. The van der Waals surface area contributed by atoms with Crippen LogP contribution >= 0.6 is 0 Å². The molecule has 0 spiro atoms. The van der Waals surface area contributed by atoms with E-state index in [1.54, 1.807) is 0 Å². The van der Waals surface area contributed by atoms with Crippen molar-refractivity contribution in [3.8, 4) is 0 Å². The van der Waals surface area contributed by atoms with Crippen molar-refractivity contribution in [2.45, 2.75) is 38.8 Å². The normalized spacial score (nSPS) is 25.6. The van der Waals surface area contributed by atoms with Crippen LogP contribution < -0.4 is 5.32 Å². The van der Waals surface area contributed by atoms with Crippen LogP contribution in [0.1, 0.15) is 38.4 Å². The van der Waals surface area contributed by atoms with Gasteiger partial charge in [-0.15, -0.1) is 0 Å². The highest BCUT2D eigenvalue weighted by molar-refractivity contribution is 5.17. The molecule has 0 bridgehead atoms. The summed E-state index contributed by atoms with van der Waals surface area (Å²) in [7, 11) is 0. The van der Waals surface area contributed by atoms with Crippen molar-refractivity contribution in [2.75, 3.05) is 6.54 Å². The summed E-state index contributed by atoms with van der Waals surface area (Å²) in [6.45, 7) is 5.25. The van der Waals surface area contributed by atoms with E-state index in [-0.39, 0.29) is 6.10 Å². The molecule has 2 heteroatoms. The van der Waals surface area contributed by atoms with E-state index in [1.165, 1.54) is 12.8 Å². The van der Waals surface area contributed by atoms with Crippen LogP contribution in [0.25, 0.3) is 0 Å². The molecule has 0 heterocycles. The van der Waals surface area contributed by atoms with Crippen molar-refractivity contribution in [2.24, 2.45) is 11.8 Å². The van der Waals surface area contributed by atoms with E-state index < -0.39 is 0 Å². The second-order valence-corrected chi connectivity index (χ2v) is 5.51. The summed E-state index contributed by atoms with van der Waals surface area (Å²) in [6, 6.07) is 10.5. The van der Waals surface area contributed by atoms with Crippen molar-refractivity contribution in [3.05, 3.63) is 35.9 Å². The molecule has 17 heavy (non-hydrogen) atoms. The van der Waals surface area contributed by atoms with Gasteiger partial charge in [-0.3, -0.25) is 0 Å². The van der Waals surface area contributed by atoms with E-state index in [0.29, 0.717) is 12.6 Å². The molecule has 0 saturated heterocycles. The number of nitrogens with one attached hydrogen (secondary N) is 1. The van der Waals surface area contributed by atoms with Crippen molar-refractivity contribution >= 4 is 0 Å². The SMILES string of the molecule is CC(C)C1CC(NCC(O)c2ccccc2)C1. The fraction of sp³-hybridized carbons (Fsp3) is 0.600. The highest BCUT2D eigenvalue weighted by Crippen LogP contribution is 2.33. The molecule has 1 aromatic rings. The summed E-state index contributed by atoms with van der Waals surface area (Å²) >= 11 is 0. The molecule has 1 fully saturated rings.